The van der Waals surface area contributed by atoms with Gasteiger partial charge in [0.25, 0.3) is 0 Å². The van der Waals surface area contributed by atoms with Crippen LogP contribution < -0.4 is 0 Å². The Morgan fingerprint density at radius 1 is 0.459 bits per heavy atom. The average Bonchev–Trinajstić information content (AvgIpc) is 3.49. The van der Waals surface area contributed by atoms with E-state index in [9.17, 15) is 5.48 Å². The lowest BCUT2D eigenvalue weighted by Crippen LogP contribution is -1.90. The summed E-state index contributed by atoms with van der Waals surface area (Å²) in [4.78, 5) is 0. The van der Waals surface area contributed by atoms with Gasteiger partial charge in [-0.25, -0.2) is 0 Å². The van der Waals surface area contributed by atoms with Crippen LogP contribution in [0.15, 0.2) is 138 Å². The van der Waals surface area contributed by atoms with Gasteiger partial charge >= 0.3 is 0 Å². The second-order valence-corrected chi connectivity index (χ2v) is 8.86. The summed E-state index contributed by atoms with van der Waals surface area (Å²) in [7, 11) is 0. The van der Waals surface area contributed by atoms with Crippen LogP contribution in [0.25, 0.3) is 76.5 Å². The van der Waals surface area contributed by atoms with E-state index in [4.69, 9.17) is 14.0 Å². The fraction of sp³-hybridized carbons (Fsp3) is 0. The highest BCUT2D eigenvalue weighted by molar-refractivity contribution is 6.22. The van der Waals surface area contributed by atoms with Crippen molar-refractivity contribution in [2.45, 2.75) is 0 Å². The quantitative estimate of drug-likeness (QED) is 0.224. The molecule has 0 atom stereocenters. The van der Waals surface area contributed by atoms with Crippen molar-refractivity contribution >= 4 is 54.3 Å². The van der Waals surface area contributed by atoms with Gasteiger partial charge in [0.2, 0.25) is 0 Å². The van der Waals surface area contributed by atoms with Gasteiger partial charge in [0.05, 0.1) is 15.1 Å². The van der Waals surface area contributed by atoms with Crippen molar-refractivity contribution in [2.24, 2.45) is 0 Å². The van der Waals surface area contributed by atoms with Crippen molar-refractivity contribution in [2.75, 3.05) is 0 Å². The largest absolute Gasteiger partial charge is 0.456 e. The molecule has 0 fully saturated rings. The van der Waals surface area contributed by atoms with Crippen LogP contribution in [-0.4, -0.2) is 0 Å². The van der Waals surface area contributed by atoms with E-state index in [1.807, 2.05) is 30.3 Å². The van der Waals surface area contributed by atoms with Crippen LogP contribution >= 0.6 is 0 Å². The summed E-state index contributed by atoms with van der Waals surface area (Å²) in [6.07, 6.45) is 0. The predicted molar refractivity (Wildman–Crippen MR) is 157 cm³/mol. The molecule has 8 aromatic rings. The molecule has 1 heterocycles. The Morgan fingerprint density at radius 3 is 1.81 bits per heavy atom. The van der Waals surface area contributed by atoms with E-state index in [2.05, 4.69) is 0 Å². The van der Waals surface area contributed by atoms with E-state index in [-0.39, 0.29) is 61.3 Å². The summed E-state index contributed by atoms with van der Waals surface area (Å²) in [5, 5.41) is 2.15. The number of hydrogen-bond acceptors (Lipinski definition) is 1. The Bertz CT molecular complexity index is 2670. The molecule has 0 spiro atoms. The first-order valence-electron chi connectivity index (χ1n) is 17.3. The Morgan fingerprint density at radius 2 is 1.08 bits per heavy atom. The third kappa shape index (κ3) is 3.04. The van der Waals surface area contributed by atoms with Gasteiger partial charge in [0, 0.05) is 10.8 Å². The molecule has 172 valence electrons. The molecule has 0 saturated carbocycles. The van der Waals surface area contributed by atoms with E-state index >= 15 is 0 Å². The lowest BCUT2D eigenvalue weighted by atomic mass is 9.85. The van der Waals surface area contributed by atoms with Crippen molar-refractivity contribution in [3.8, 4) is 22.3 Å². The molecule has 37 heavy (non-hydrogen) atoms. The smallest absolute Gasteiger partial charge is 0.136 e. The molecule has 7 aromatic carbocycles. The summed E-state index contributed by atoms with van der Waals surface area (Å²) < 4.78 is 105. The first kappa shape index (κ1) is 12.4. The van der Waals surface area contributed by atoms with E-state index < -0.39 is 54.4 Å². The lowest BCUT2D eigenvalue weighted by molar-refractivity contribution is 0.669. The van der Waals surface area contributed by atoms with Crippen molar-refractivity contribution in [3.63, 3.8) is 0 Å². The summed E-state index contributed by atoms with van der Waals surface area (Å²) >= 11 is 0. The fourth-order valence-corrected chi connectivity index (χ4v) is 5.16. The summed E-state index contributed by atoms with van der Waals surface area (Å²) in [6, 6.07) is 14.5. The van der Waals surface area contributed by atoms with Gasteiger partial charge in [-0.05, 0) is 78.8 Å². The molecule has 1 nitrogen and oxygen atoms in total. The Kier molecular flexibility index (Phi) is 2.61. The highest BCUT2D eigenvalue weighted by atomic mass is 16.3. The maximum Gasteiger partial charge on any atom is 0.136 e. The number of benzene rings is 7. The molecule has 0 aliphatic carbocycles. The van der Waals surface area contributed by atoms with Crippen molar-refractivity contribution in [3.05, 3.63) is 133 Å². The topological polar surface area (TPSA) is 13.1 Å². The van der Waals surface area contributed by atoms with E-state index in [0.29, 0.717) is 16.5 Å². The minimum Gasteiger partial charge on any atom is -0.456 e. The monoisotopic (exact) mass is 481 g/mol. The lowest BCUT2D eigenvalue weighted by Gasteiger charge is -2.18. The third-order valence-corrected chi connectivity index (χ3v) is 6.81. The first-order valence-corrected chi connectivity index (χ1v) is 11.8. The molecule has 8 rings (SSSR count). The van der Waals surface area contributed by atoms with Crippen LogP contribution in [0.2, 0.25) is 0 Å². The normalized spacial score (nSPS) is 15.9. The van der Waals surface area contributed by atoms with Crippen molar-refractivity contribution < 1.29 is 19.5 Å². The van der Waals surface area contributed by atoms with Gasteiger partial charge < -0.3 is 4.42 Å². The highest BCUT2D eigenvalue weighted by Gasteiger charge is 2.17. The maximum absolute atomic E-state index is 9.36. The van der Waals surface area contributed by atoms with Gasteiger partial charge in [0.15, 0.2) is 0 Å². The predicted octanol–water partition coefficient (Wildman–Crippen LogP) is 10.4. The van der Waals surface area contributed by atoms with Crippen LogP contribution in [0.3, 0.4) is 0 Å². The molecule has 0 amide bonds. The van der Waals surface area contributed by atoms with Gasteiger partial charge in [-0.3, -0.25) is 0 Å². The number of para-hydroxylation sites is 1. The zero-order valence-corrected chi connectivity index (χ0v) is 19.3. The Labute approximate surface area is 229 Å². The molecule has 0 aliphatic rings. The van der Waals surface area contributed by atoms with Crippen LogP contribution in [0.1, 0.15) is 15.1 Å². The van der Waals surface area contributed by atoms with Crippen LogP contribution in [0.5, 0.6) is 0 Å². The Balaban J connectivity index is 1.71. The summed E-state index contributed by atoms with van der Waals surface area (Å²) in [6.45, 7) is 0. The molecular weight excluding hydrogens is 448 g/mol. The van der Waals surface area contributed by atoms with E-state index in [1.54, 1.807) is 36.4 Å². The van der Waals surface area contributed by atoms with Crippen molar-refractivity contribution in [1.29, 1.82) is 0 Å². The van der Waals surface area contributed by atoms with Gasteiger partial charge in [0.1, 0.15) is 11.2 Å². The summed E-state index contributed by atoms with van der Waals surface area (Å²) in [5.41, 5.74) is 0.597. The second-order valence-electron chi connectivity index (χ2n) is 8.86. The number of furan rings is 1. The fourth-order valence-electron chi connectivity index (χ4n) is 5.16. The van der Waals surface area contributed by atoms with E-state index in [1.165, 1.54) is 0 Å². The van der Waals surface area contributed by atoms with Crippen LogP contribution in [-0.2, 0) is 0 Å². The highest BCUT2D eigenvalue weighted by Crippen LogP contribution is 2.45. The molecule has 0 unspecified atom stereocenters. The van der Waals surface area contributed by atoms with Crippen LogP contribution in [0, 0.1) is 0 Å². The number of hydrogen-bond donors (Lipinski definition) is 0. The second kappa shape index (κ2) is 7.81. The minimum atomic E-state index is -0.590. The Hall–Kier alpha value is -4.88. The molecule has 1 heteroatoms. The average molecular weight is 482 g/mol. The first-order chi connectivity index (χ1) is 22.9. The molecule has 1 aromatic heterocycles. The zero-order chi connectivity index (χ0) is 33.9. The zero-order valence-electron chi connectivity index (χ0n) is 30.3. The van der Waals surface area contributed by atoms with Crippen LogP contribution in [0.4, 0.5) is 0 Å². The minimum absolute atomic E-state index is 0.0196. The molecule has 0 saturated heterocycles. The van der Waals surface area contributed by atoms with Gasteiger partial charge in [-0.2, -0.15) is 0 Å². The molecule has 0 radical (unpaired) electrons. The molecular formula is C36H22O. The SMILES string of the molecule is [2H]c1c([2H])c([2H])c2c(-c3c([2H])c([2H])c4c(oc5ccccc54)c3[2H])c3c([2H])c([2H])c([2H])c([2H])c3c(-c3ccc4ccccc4c3)c2c1[2H]. The number of rotatable bonds is 2. The molecule has 0 aliphatic heterocycles. The number of fused-ring (bicyclic) bond motifs is 6. The maximum atomic E-state index is 9.36. The van der Waals surface area contributed by atoms with Gasteiger partial charge in [-0.15, -0.1) is 0 Å². The molecule has 0 bridgehead atoms. The van der Waals surface area contributed by atoms with E-state index in [0.717, 1.165) is 10.8 Å². The summed E-state index contributed by atoms with van der Waals surface area (Å²) in [5.74, 6) is 0. The molecule has 0 N–H and O–H groups in total. The standard InChI is InChI=1S/C36H22O/c1-2-10-24-21-25(18-17-23(24)9-1)35-29-12-3-5-14-31(29)36(32-15-6-4-13-30(32)35)26-19-20-28-27-11-7-8-16-33(27)37-34(28)22-26/h1-22H/i3D,4D,5D,6D,12D,13D,14D,15D,19D,20D,22D. The van der Waals surface area contributed by atoms with Gasteiger partial charge in [-0.1, -0.05) is 109 Å². The van der Waals surface area contributed by atoms with Crippen molar-refractivity contribution in [1.82, 2.24) is 0 Å². The third-order valence-electron chi connectivity index (χ3n) is 6.81.